The summed E-state index contributed by atoms with van der Waals surface area (Å²) < 4.78 is 7.13. The van der Waals surface area contributed by atoms with Crippen molar-refractivity contribution >= 4 is 5.91 Å². The molecular formula is C15H27N5O2. The van der Waals surface area contributed by atoms with Crippen molar-refractivity contribution in [3.8, 4) is 0 Å². The predicted molar refractivity (Wildman–Crippen MR) is 83.4 cm³/mol. The number of carbonyl (C=O) groups excluding carboxylic acids is 1. The van der Waals surface area contributed by atoms with Crippen molar-refractivity contribution in [2.75, 3.05) is 26.8 Å². The van der Waals surface area contributed by atoms with E-state index in [2.05, 4.69) is 39.2 Å². The summed E-state index contributed by atoms with van der Waals surface area (Å²) in [5.74, 6) is 2.33. The molecule has 22 heavy (non-hydrogen) atoms. The van der Waals surface area contributed by atoms with Crippen molar-refractivity contribution in [1.82, 2.24) is 25.4 Å². The average Bonchev–Trinajstić information content (AvgIpc) is 2.72. The molecule has 0 aromatic carbocycles. The summed E-state index contributed by atoms with van der Waals surface area (Å²) in [6.45, 7) is 7.41. The number of nitrogens with one attached hydrogen (secondary N) is 2. The molecule has 1 aromatic heterocycles. The summed E-state index contributed by atoms with van der Waals surface area (Å²) in [5.41, 5.74) is 0. The number of ether oxygens (including phenoxy) is 1. The van der Waals surface area contributed by atoms with Crippen molar-refractivity contribution in [1.29, 1.82) is 0 Å². The van der Waals surface area contributed by atoms with Crippen molar-refractivity contribution in [2.45, 2.75) is 45.7 Å². The number of hydrogen-bond acceptors (Lipinski definition) is 5. The number of rotatable bonds is 7. The molecule has 7 nitrogen and oxygen atoms in total. The van der Waals surface area contributed by atoms with E-state index >= 15 is 0 Å². The Balaban J connectivity index is 2.14. The highest BCUT2D eigenvalue weighted by atomic mass is 16.5. The Bertz CT molecular complexity index is 486. The fraction of sp³-hybridized carbons (Fsp3) is 0.800. The summed E-state index contributed by atoms with van der Waals surface area (Å²) in [7, 11) is 1.60. The molecule has 2 heterocycles. The average molecular weight is 309 g/mol. The van der Waals surface area contributed by atoms with E-state index in [4.69, 9.17) is 4.74 Å². The lowest BCUT2D eigenvalue weighted by Crippen LogP contribution is -2.32. The van der Waals surface area contributed by atoms with Crippen molar-refractivity contribution in [2.24, 2.45) is 5.92 Å². The molecule has 1 aliphatic rings. The van der Waals surface area contributed by atoms with Crippen LogP contribution in [0.5, 0.6) is 0 Å². The zero-order chi connectivity index (χ0) is 15.9. The first-order valence-electron chi connectivity index (χ1n) is 8.02. The maximum absolute atomic E-state index is 12.1. The zero-order valence-corrected chi connectivity index (χ0v) is 13.8. The monoisotopic (exact) mass is 309 g/mol. The normalized spacial score (nSPS) is 16.2. The summed E-state index contributed by atoms with van der Waals surface area (Å²) in [6.07, 6.45) is 2.09. The third kappa shape index (κ3) is 4.51. The Morgan fingerprint density at radius 1 is 1.41 bits per heavy atom. The molecule has 0 saturated carbocycles. The van der Waals surface area contributed by atoms with E-state index in [1.165, 1.54) is 0 Å². The van der Waals surface area contributed by atoms with Gasteiger partial charge in [0.15, 0.2) is 5.82 Å². The van der Waals surface area contributed by atoms with Gasteiger partial charge in [-0.1, -0.05) is 13.8 Å². The number of aromatic nitrogens is 3. The Labute approximate surface area is 131 Å². The van der Waals surface area contributed by atoms with Crippen LogP contribution in [0, 0.1) is 5.92 Å². The number of methoxy groups -OCH3 is 1. The lowest BCUT2D eigenvalue weighted by molar-refractivity contribution is -0.122. The molecule has 124 valence electrons. The van der Waals surface area contributed by atoms with Crippen LogP contribution in [0.1, 0.15) is 44.4 Å². The van der Waals surface area contributed by atoms with Gasteiger partial charge in [0, 0.05) is 39.6 Å². The molecule has 0 spiro atoms. The Morgan fingerprint density at radius 2 is 2.23 bits per heavy atom. The Kier molecular flexibility index (Phi) is 6.33. The van der Waals surface area contributed by atoms with Gasteiger partial charge >= 0.3 is 0 Å². The maximum atomic E-state index is 12.1. The van der Waals surface area contributed by atoms with E-state index in [9.17, 15) is 4.79 Å². The lowest BCUT2D eigenvalue weighted by Gasteiger charge is -2.21. The standard InChI is InChI=1S/C15H27N5O2/c1-11(2)10-12(17-14(21)5-9-22-3)15-19-18-13-4-6-16-7-8-20(13)15/h11-12,16H,4-10H2,1-3H3,(H,17,21)/t12-/m1/s1. The first kappa shape index (κ1) is 16.9. The Morgan fingerprint density at radius 3 is 2.95 bits per heavy atom. The fourth-order valence-corrected chi connectivity index (χ4v) is 2.71. The lowest BCUT2D eigenvalue weighted by atomic mass is 10.0. The van der Waals surface area contributed by atoms with E-state index in [-0.39, 0.29) is 11.9 Å². The molecule has 0 aliphatic carbocycles. The molecule has 2 rings (SSSR count). The van der Waals surface area contributed by atoms with Gasteiger partial charge in [-0.25, -0.2) is 0 Å². The molecule has 0 fully saturated rings. The van der Waals surface area contributed by atoms with Gasteiger partial charge in [-0.15, -0.1) is 10.2 Å². The second kappa shape index (κ2) is 8.24. The van der Waals surface area contributed by atoms with Gasteiger partial charge in [0.05, 0.1) is 12.6 Å². The van der Waals surface area contributed by atoms with Crippen LogP contribution in [0.15, 0.2) is 0 Å². The van der Waals surface area contributed by atoms with Crippen LogP contribution in [0.25, 0.3) is 0 Å². The first-order chi connectivity index (χ1) is 10.6. The van der Waals surface area contributed by atoms with Crippen molar-refractivity contribution < 1.29 is 9.53 Å². The van der Waals surface area contributed by atoms with E-state index in [1.807, 2.05) is 0 Å². The quantitative estimate of drug-likeness (QED) is 0.773. The van der Waals surface area contributed by atoms with Crippen LogP contribution in [0.2, 0.25) is 0 Å². The molecule has 0 bridgehead atoms. The van der Waals surface area contributed by atoms with Gasteiger partial charge in [0.2, 0.25) is 5.91 Å². The minimum Gasteiger partial charge on any atom is -0.384 e. The Hall–Kier alpha value is -1.47. The molecular weight excluding hydrogens is 282 g/mol. The van der Waals surface area contributed by atoms with Crippen LogP contribution in [0.4, 0.5) is 0 Å². The first-order valence-corrected chi connectivity index (χ1v) is 8.02. The summed E-state index contributed by atoms with van der Waals surface area (Å²) in [6, 6.07) is -0.0938. The van der Waals surface area contributed by atoms with E-state index in [1.54, 1.807) is 7.11 Å². The van der Waals surface area contributed by atoms with Crippen LogP contribution >= 0.6 is 0 Å². The van der Waals surface area contributed by atoms with Gasteiger partial charge < -0.3 is 19.9 Å². The second-order valence-corrected chi connectivity index (χ2v) is 6.12. The maximum Gasteiger partial charge on any atom is 0.222 e. The minimum absolute atomic E-state index is 0.00315. The number of fused-ring (bicyclic) bond motifs is 1. The van der Waals surface area contributed by atoms with E-state index in [0.717, 1.165) is 44.1 Å². The third-order valence-corrected chi connectivity index (χ3v) is 3.78. The SMILES string of the molecule is COCCC(=O)N[C@H](CC(C)C)c1nnc2n1CCNCC2. The molecule has 1 aromatic rings. The largest absolute Gasteiger partial charge is 0.384 e. The number of carbonyl (C=O) groups is 1. The van der Waals surface area contributed by atoms with Gasteiger partial charge in [-0.2, -0.15) is 0 Å². The number of hydrogen-bond donors (Lipinski definition) is 2. The summed E-state index contributed by atoms with van der Waals surface area (Å²) in [4.78, 5) is 12.1. The molecule has 0 radical (unpaired) electrons. The molecule has 0 saturated heterocycles. The third-order valence-electron chi connectivity index (χ3n) is 3.78. The van der Waals surface area contributed by atoms with Gasteiger partial charge in [-0.05, 0) is 12.3 Å². The molecule has 7 heteroatoms. The fourth-order valence-electron chi connectivity index (χ4n) is 2.71. The van der Waals surface area contributed by atoms with Crippen LogP contribution in [-0.2, 0) is 22.5 Å². The second-order valence-electron chi connectivity index (χ2n) is 6.12. The van der Waals surface area contributed by atoms with Gasteiger partial charge in [-0.3, -0.25) is 4.79 Å². The van der Waals surface area contributed by atoms with Crippen molar-refractivity contribution in [3.05, 3.63) is 11.6 Å². The zero-order valence-electron chi connectivity index (χ0n) is 13.8. The van der Waals surface area contributed by atoms with Crippen LogP contribution in [-0.4, -0.2) is 47.5 Å². The molecule has 0 unspecified atom stereocenters. The highest BCUT2D eigenvalue weighted by Gasteiger charge is 2.24. The smallest absolute Gasteiger partial charge is 0.222 e. The molecule has 2 N–H and O–H groups in total. The minimum atomic E-state index is -0.0938. The van der Waals surface area contributed by atoms with E-state index < -0.39 is 0 Å². The summed E-state index contributed by atoms with van der Waals surface area (Å²) in [5, 5.41) is 15.1. The molecule has 1 atom stereocenters. The van der Waals surface area contributed by atoms with Crippen LogP contribution in [0.3, 0.4) is 0 Å². The number of amides is 1. The number of nitrogens with zero attached hydrogens (tertiary/aromatic N) is 3. The molecule has 1 aliphatic heterocycles. The van der Waals surface area contributed by atoms with Gasteiger partial charge in [0.1, 0.15) is 5.82 Å². The highest BCUT2D eigenvalue weighted by Crippen LogP contribution is 2.21. The van der Waals surface area contributed by atoms with Gasteiger partial charge in [0.25, 0.3) is 0 Å². The highest BCUT2D eigenvalue weighted by molar-refractivity contribution is 5.76. The summed E-state index contributed by atoms with van der Waals surface area (Å²) >= 11 is 0. The van der Waals surface area contributed by atoms with Crippen molar-refractivity contribution in [3.63, 3.8) is 0 Å². The topological polar surface area (TPSA) is 81.1 Å². The predicted octanol–water partition coefficient (Wildman–Crippen LogP) is 0.664. The van der Waals surface area contributed by atoms with Crippen LogP contribution < -0.4 is 10.6 Å². The molecule has 1 amide bonds. The van der Waals surface area contributed by atoms with E-state index in [0.29, 0.717) is 18.9 Å².